The van der Waals surface area contributed by atoms with Gasteiger partial charge in [-0.25, -0.2) is 0 Å². The number of aliphatic hydroxyl groups is 4. The van der Waals surface area contributed by atoms with Crippen molar-refractivity contribution in [2.45, 2.75) is 57.6 Å². The Balaban J connectivity index is 4.65. The number of aliphatic hydroxyl groups excluding tert-OH is 4. The highest BCUT2D eigenvalue weighted by molar-refractivity contribution is 6.38. The van der Waals surface area contributed by atoms with Crippen molar-refractivity contribution < 1.29 is 30.0 Å². The zero-order chi connectivity index (χ0) is 14.7. The first-order valence-corrected chi connectivity index (χ1v) is 5.56. The third-order valence-electron chi connectivity index (χ3n) is 2.15. The Morgan fingerprint density at radius 3 is 1.78 bits per heavy atom. The van der Waals surface area contributed by atoms with Crippen LogP contribution < -0.4 is 5.32 Å². The molecule has 5 N–H and O–H groups in total. The van der Waals surface area contributed by atoms with Gasteiger partial charge in [-0.15, -0.1) is 0 Å². The van der Waals surface area contributed by atoms with Crippen molar-refractivity contribution >= 4 is 11.7 Å². The first kappa shape index (κ1) is 17.0. The molecule has 7 heteroatoms. The van der Waals surface area contributed by atoms with Gasteiger partial charge in [-0.05, 0) is 27.7 Å². The van der Waals surface area contributed by atoms with Gasteiger partial charge in [0.05, 0.1) is 6.10 Å². The highest BCUT2D eigenvalue weighted by Gasteiger charge is 2.36. The van der Waals surface area contributed by atoms with Crippen LogP contribution in [-0.4, -0.2) is 62.1 Å². The van der Waals surface area contributed by atoms with Crippen LogP contribution in [0.5, 0.6) is 0 Å². The van der Waals surface area contributed by atoms with E-state index in [1.165, 1.54) is 6.92 Å². The summed E-state index contributed by atoms with van der Waals surface area (Å²) in [6.45, 7) is 6.11. The normalized spacial score (nSPS) is 18.7. The SMILES string of the molecule is CC(O)C(O)C(O)C(O)C(=O)C(=O)NC(C)(C)C. The fourth-order valence-electron chi connectivity index (χ4n) is 1.16. The molecule has 0 bridgehead atoms. The number of nitrogens with one attached hydrogen (secondary N) is 1. The summed E-state index contributed by atoms with van der Waals surface area (Å²) in [5.74, 6) is -2.33. The van der Waals surface area contributed by atoms with Gasteiger partial charge in [0.1, 0.15) is 12.2 Å². The summed E-state index contributed by atoms with van der Waals surface area (Å²) in [4.78, 5) is 22.9. The highest BCUT2D eigenvalue weighted by Crippen LogP contribution is 2.07. The molecule has 1 amide bonds. The quantitative estimate of drug-likeness (QED) is 0.363. The molecule has 4 atom stereocenters. The number of carbonyl (C=O) groups excluding carboxylic acids is 2. The second-order valence-electron chi connectivity index (χ2n) is 5.24. The summed E-state index contributed by atoms with van der Waals surface area (Å²) < 4.78 is 0. The van der Waals surface area contributed by atoms with E-state index in [9.17, 15) is 24.9 Å². The van der Waals surface area contributed by atoms with Gasteiger partial charge >= 0.3 is 0 Å². The molecule has 106 valence electrons. The first-order valence-electron chi connectivity index (χ1n) is 5.56. The molecule has 0 heterocycles. The second kappa shape index (κ2) is 6.24. The summed E-state index contributed by atoms with van der Waals surface area (Å²) in [6, 6.07) is 0. The van der Waals surface area contributed by atoms with E-state index in [0.29, 0.717) is 0 Å². The summed E-state index contributed by atoms with van der Waals surface area (Å²) in [5, 5.41) is 39.5. The lowest BCUT2D eigenvalue weighted by Gasteiger charge is -2.25. The van der Waals surface area contributed by atoms with Crippen molar-refractivity contribution in [3.63, 3.8) is 0 Å². The van der Waals surface area contributed by atoms with Gasteiger partial charge in [-0.1, -0.05) is 0 Å². The first-order chi connectivity index (χ1) is 7.97. The van der Waals surface area contributed by atoms with Crippen LogP contribution in [0.4, 0.5) is 0 Å². The summed E-state index contributed by atoms with van der Waals surface area (Å²) >= 11 is 0. The lowest BCUT2D eigenvalue weighted by atomic mass is 10.00. The molecule has 18 heavy (non-hydrogen) atoms. The number of rotatable bonds is 5. The van der Waals surface area contributed by atoms with Gasteiger partial charge in [-0.2, -0.15) is 0 Å². The lowest BCUT2D eigenvalue weighted by molar-refractivity contribution is -0.153. The van der Waals surface area contributed by atoms with Crippen LogP contribution in [0.25, 0.3) is 0 Å². The molecule has 7 nitrogen and oxygen atoms in total. The molecule has 4 unspecified atom stereocenters. The Kier molecular flexibility index (Phi) is 5.88. The van der Waals surface area contributed by atoms with Gasteiger partial charge in [0.2, 0.25) is 0 Å². The number of carbonyl (C=O) groups is 2. The number of ketones is 1. The minimum atomic E-state index is -2.09. The topological polar surface area (TPSA) is 127 Å². The molecule has 0 radical (unpaired) electrons. The third kappa shape index (κ3) is 5.09. The van der Waals surface area contributed by atoms with E-state index in [0.717, 1.165) is 0 Å². The summed E-state index contributed by atoms with van der Waals surface area (Å²) in [6.07, 6.45) is -7.07. The number of hydrogen-bond donors (Lipinski definition) is 5. The molecular formula is C11H21NO6. The Labute approximate surface area is 105 Å². The predicted octanol–water partition coefficient (Wildman–Crippen LogP) is -2.07. The zero-order valence-electron chi connectivity index (χ0n) is 10.9. The average molecular weight is 263 g/mol. The van der Waals surface area contributed by atoms with Crippen LogP contribution in [0.2, 0.25) is 0 Å². The van der Waals surface area contributed by atoms with E-state index < -0.39 is 41.6 Å². The van der Waals surface area contributed by atoms with E-state index in [-0.39, 0.29) is 0 Å². The van der Waals surface area contributed by atoms with Crippen molar-refractivity contribution in [3.05, 3.63) is 0 Å². The minimum Gasteiger partial charge on any atom is -0.391 e. The van der Waals surface area contributed by atoms with Crippen LogP contribution in [-0.2, 0) is 9.59 Å². The van der Waals surface area contributed by atoms with E-state index in [4.69, 9.17) is 5.11 Å². The van der Waals surface area contributed by atoms with Crippen molar-refractivity contribution in [1.29, 1.82) is 0 Å². The maximum Gasteiger partial charge on any atom is 0.290 e. The Hall–Kier alpha value is -1.02. The Morgan fingerprint density at radius 2 is 1.44 bits per heavy atom. The van der Waals surface area contributed by atoms with Gasteiger partial charge in [0.15, 0.2) is 6.10 Å². The minimum absolute atomic E-state index is 0.666. The van der Waals surface area contributed by atoms with Crippen LogP contribution in [0.15, 0.2) is 0 Å². The number of Topliss-reactive ketones (excluding diaryl/α,β-unsaturated/α-hetero) is 1. The van der Waals surface area contributed by atoms with Crippen LogP contribution >= 0.6 is 0 Å². The molecule has 0 fully saturated rings. The molecule has 0 aromatic rings. The Bertz CT molecular complexity index is 309. The molecule has 0 aliphatic heterocycles. The lowest BCUT2D eigenvalue weighted by Crippen LogP contribution is -2.53. The second-order valence-corrected chi connectivity index (χ2v) is 5.24. The van der Waals surface area contributed by atoms with Gasteiger partial charge < -0.3 is 25.7 Å². The summed E-state index contributed by atoms with van der Waals surface area (Å²) in [5.41, 5.74) is -0.666. The average Bonchev–Trinajstić information content (AvgIpc) is 2.22. The largest absolute Gasteiger partial charge is 0.391 e. The number of hydrogen-bond acceptors (Lipinski definition) is 6. The molecule has 0 saturated heterocycles. The van der Waals surface area contributed by atoms with Gasteiger partial charge in [-0.3, -0.25) is 9.59 Å². The standard InChI is InChI=1S/C11H21NO6/c1-5(13)6(14)7(15)8(16)9(17)10(18)12-11(2,3)4/h5-8,13-16H,1-4H3,(H,12,18). The molecule has 0 saturated carbocycles. The highest BCUT2D eigenvalue weighted by atomic mass is 16.4. The predicted molar refractivity (Wildman–Crippen MR) is 62.6 cm³/mol. The molecule has 0 aliphatic carbocycles. The van der Waals surface area contributed by atoms with E-state index >= 15 is 0 Å². The van der Waals surface area contributed by atoms with E-state index in [1.54, 1.807) is 20.8 Å². The fourth-order valence-corrected chi connectivity index (χ4v) is 1.16. The van der Waals surface area contributed by atoms with Crippen LogP contribution in [0, 0.1) is 0 Å². The third-order valence-corrected chi connectivity index (χ3v) is 2.15. The maximum absolute atomic E-state index is 11.5. The maximum atomic E-state index is 11.5. The molecule has 0 spiro atoms. The fraction of sp³-hybridized carbons (Fsp3) is 0.818. The van der Waals surface area contributed by atoms with Gasteiger partial charge in [0.25, 0.3) is 11.7 Å². The smallest absolute Gasteiger partial charge is 0.290 e. The van der Waals surface area contributed by atoms with E-state index in [2.05, 4.69) is 5.32 Å². The molecular weight excluding hydrogens is 242 g/mol. The van der Waals surface area contributed by atoms with Crippen molar-refractivity contribution in [2.24, 2.45) is 0 Å². The van der Waals surface area contributed by atoms with E-state index in [1.807, 2.05) is 0 Å². The molecule has 0 aromatic carbocycles. The van der Waals surface area contributed by atoms with Crippen molar-refractivity contribution in [1.82, 2.24) is 5.32 Å². The molecule has 0 rings (SSSR count). The number of amides is 1. The van der Waals surface area contributed by atoms with Gasteiger partial charge in [0, 0.05) is 5.54 Å². The molecule has 0 aliphatic rings. The Morgan fingerprint density at radius 1 is 1.00 bits per heavy atom. The van der Waals surface area contributed by atoms with Crippen molar-refractivity contribution in [2.75, 3.05) is 0 Å². The summed E-state index contributed by atoms with van der Waals surface area (Å²) in [7, 11) is 0. The van der Waals surface area contributed by atoms with Crippen LogP contribution in [0.1, 0.15) is 27.7 Å². The van der Waals surface area contributed by atoms with Crippen LogP contribution in [0.3, 0.4) is 0 Å². The van der Waals surface area contributed by atoms with Crippen molar-refractivity contribution in [3.8, 4) is 0 Å². The molecule has 0 aromatic heterocycles. The monoisotopic (exact) mass is 263 g/mol. The zero-order valence-corrected chi connectivity index (χ0v) is 10.9.